The zero-order valence-electron chi connectivity index (χ0n) is 43.2. The van der Waals surface area contributed by atoms with Crippen molar-refractivity contribution in [2.45, 2.75) is 0 Å². The second-order valence-electron chi connectivity index (χ2n) is 17.7. The second kappa shape index (κ2) is 27.3. The third kappa shape index (κ3) is 15.3. The molecule has 82 heavy (non-hydrogen) atoms. The lowest BCUT2D eigenvalue weighted by Gasteiger charge is -2.12. The molecular formula is C64H46BCl3N10O4. The maximum absolute atomic E-state index is 8.48. The van der Waals surface area contributed by atoms with Gasteiger partial charge in [-0.25, -0.2) is 9.97 Å². The fourth-order valence-electron chi connectivity index (χ4n) is 8.13. The smallest absolute Gasteiger partial charge is 0.439 e. The first-order valence-electron chi connectivity index (χ1n) is 25.4. The summed E-state index contributed by atoms with van der Waals surface area (Å²) in [5.74, 6) is 5.34. The number of hydrogen-bond acceptors (Lipinski definition) is 14. The molecule has 12 rings (SSSR count). The fourth-order valence-corrected chi connectivity index (χ4v) is 8.52. The number of hydrogen-bond donors (Lipinski definition) is 4. The van der Waals surface area contributed by atoms with Crippen molar-refractivity contribution in [2.24, 2.45) is 0 Å². The van der Waals surface area contributed by atoms with E-state index in [0.29, 0.717) is 50.8 Å². The maximum Gasteiger partial charge on any atom is 0.480 e. The van der Waals surface area contributed by atoms with Gasteiger partial charge >= 0.3 is 7.12 Å². The zero-order valence-corrected chi connectivity index (χ0v) is 45.5. The molecule has 0 bridgehead atoms. The normalized spacial score (nSPS) is 10.9. The van der Waals surface area contributed by atoms with E-state index in [1.165, 1.54) is 12.2 Å². The van der Waals surface area contributed by atoms with Crippen molar-refractivity contribution in [3.05, 3.63) is 269 Å². The van der Waals surface area contributed by atoms with Crippen molar-refractivity contribution in [1.29, 1.82) is 0 Å². The monoisotopic (exact) mass is 1130 g/mol. The van der Waals surface area contributed by atoms with Crippen LogP contribution in [-0.2, 0) is 0 Å². The SMILES string of the molecule is Clc1ccc(-c2nnc(Nc3ccc(Oc4ccnc(/C=C/c5ccccc5)n4)cc3)c3ccccc23)cc1.Clc1ccc(-c2nnc(Nc3ccc(Oc4ccnc(Cl)n4)cc3)c3ccccc23)cc1.OB(O)/C=C/c1ccccc1. The molecule has 400 valence electrons. The van der Waals surface area contributed by atoms with E-state index in [1.54, 1.807) is 24.4 Å². The van der Waals surface area contributed by atoms with E-state index in [2.05, 4.69) is 51.0 Å². The predicted molar refractivity (Wildman–Crippen MR) is 330 cm³/mol. The van der Waals surface area contributed by atoms with Crippen molar-refractivity contribution in [3.8, 4) is 45.8 Å². The molecule has 12 aromatic rings. The maximum atomic E-state index is 8.48. The molecule has 0 aliphatic rings. The van der Waals surface area contributed by atoms with Crippen LogP contribution in [0.25, 0.3) is 62.3 Å². The van der Waals surface area contributed by atoms with Crippen LogP contribution >= 0.6 is 34.8 Å². The summed E-state index contributed by atoms with van der Waals surface area (Å²) in [6.45, 7) is 0. The molecule has 0 aliphatic heterocycles. The van der Waals surface area contributed by atoms with Gasteiger partial charge in [0.05, 0.1) is 0 Å². The lowest BCUT2D eigenvalue weighted by Crippen LogP contribution is -2.05. The second-order valence-corrected chi connectivity index (χ2v) is 19.0. The molecule has 0 fully saturated rings. The van der Waals surface area contributed by atoms with Crippen molar-refractivity contribution in [1.82, 2.24) is 40.3 Å². The summed E-state index contributed by atoms with van der Waals surface area (Å²) in [4.78, 5) is 16.7. The molecule has 0 aliphatic carbocycles. The Kier molecular flexibility index (Phi) is 18.5. The Morgan fingerprint density at radius 2 is 0.829 bits per heavy atom. The van der Waals surface area contributed by atoms with Gasteiger partial charge in [-0.15, -0.1) is 20.4 Å². The Balaban J connectivity index is 0.000000157. The Morgan fingerprint density at radius 1 is 0.402 bits per heavy atom. The van der Waals surface area contributed by atoms with Gasteiger partial charge in [-0.3, -0.25) is 0 Å². The Hall–Kier alpha value is -9.87. The number of nitrogens with zero attached hydrogens (tertiary/aromatic N) is 8. The van der Waals surface area contributed by atoms with Crippen molar-refractivity contribution in [3.63, 3.8) is 0 Å². The van der Waals surface area contributed by atoms with Crippen LogP contribution in [0.4, 0.5) is 23.0 Å². The number of ether oxygens (including phenoxy) is 2. The molecule has 18 heteroatoms. The zero-order chi connectivity index (χ0) is 56.5. The van der Waals surface area contributed by atoms with Crippen molar-refractivity contribution >= 4 is 105 Å². The molecule has 4 N–H and O–H groups in total. The largest absolute Gasteiger partial charge is 0.480 e. The van der Waals surface area contributed by atoms with E-state index in [-0.39, 0.29) is 5.28 Å². The summed E-state index contributed by atoms with van der Waals surface area (Å²) in [5.41, 5.74) is 7.25. The topological polar surface area (TPSA) is 186 Å². The molecule has 0 saturated carbocycles. The average molecular weight is 1140 g/mol. The van der Waals surface area contributed by atoms with E-state index in [0.717, 1.165) is 66.6 Å². The highest BCUT2D eigenvalue weighted by atomic mass is 35.5. The van der Waals surface area contributed by atoms with Crippen molar-refractivity contribution < 1.29 is 19.5 Å². The van der Waals surface area contributed by atoms with Gasteiger partial charge in [0, 0.05) is 78.6 Å². The van der Waals surface area contributed by atoms with Gasteiger partial charge in [0.25, 0.3) is 0 Å². The van der Waals surface area contributed by atoms with Crippen LogP contribution in [0.2, 0.25) is 15.3 Å². The number of rotatable bonds is 14. The molecule has 0 unspecified atom stereocenters. The standard InChI is InChI=1S/C32H22ClN5O.C24H15Cl2N5O.C8H9BO2/c33-24-13-11-23(12-14-24)31-27-8-4-5-9-28(27)32(38-37-31)35-25-15-17-26(18-16-25)39-30-20-21-34-29(36-30)19-10-22-6-2-1-3-7-22;25-16-7-5-15(6-8-16)22-19-3-1-2-4-20(19)23(31-30-22)28-17-9-11-18(12-10-17)32-21-13-14-27-24(26)29-21;10-9(11)7-6-8-4-2-1-3-5-8/h1-21H,(H,35,38);1-14H,(H,28,31);1-7,10-11H/b19-10+;;7-6+. The summed E-state index contributed by atoms with van der Waals surface area (Å²) in [6, 6.07) is 69.1. The highest BCUT2D eigenvalue weighted by molar-refractivity contribution is 6.48. The summed E-state index contributed by atoms with van der Waals surface area (Å²) >= 11 is 17.9. The van der Waals surface area contributed by atoms with Gasteiger partial charge in [0.1, 0.15) is 22.9 Å². The number of nitrogens with one attached hydrogen (secondary N) is 2. The molecule has 4 aromatic heterocycles. The number of anilines is 4. The molecule has 0 amide bonds. The number of benzene rings is 8. The van der Waals surface area contributed by atoms with E-state index in [1.807, 2.05) is 218 Å². The number of aromatic nitrogens is 8. The van der Waals surface area contributed by atoms with Crippen LogP contribution in [0, 0.1) is 0 Å². The van der Waals surface area contributed by atoms with Crippen molar-refractivity contribution in [2.75, 3.05) is 10.6 Å². The first-order valence-corrected chi connectivity index (χ1v) is 26.6. The average Bonchev–Trinajstić information content (AvgIpc) is 3.70. The molecule has 8 aromatic carbocycles. The quantitative estimate of drug-likeness (QED) is 0.0595. The molecule has 0 radical (unpaired) electrons. The van der Waals surface area contributed by atoms with Gasteiger partial charge in [-0.2, -0.15) is 9.97 Å². The minimum atomic E-state index is -1.37. The van der Waals surface area contributed by atoms with Gasteiger partial charge < -0.3 is 30.2 Å². The van der Waals surface area contributed by atoms with Crippen LogP contribution in [-0.4, -0.2) is 57.5 Å². The third-order valence-electron chi connectivity index (χ3n) is 12.0. The van der Waals surface area contributed by atoms with Crippen LogP contribution in [0.5, 0.6) is 23.3 Å². The lowest BCUT2D eigenvalue weighted by molar-refractivity contribution is 0.424. The van der Waals surface area contributed by atoms with Gasteiger partial charge in [-0.05, 0) is 102 Å². The summed E-state index contributed by atoms with van der Waals surface area (Å²) < 4.78 is 11.7. The summed E-state index contributed by atoms with van der Waals surface area (Å²) in [7, 11) is -1.37. The molecule has 0 spiro atoms. The fraction of sp³-hybridized carbons (Fsp3) is 0. The Labute approximate surface area is 487 Å². The Bertz CT molecular complexity index is 4120. The summed E-state index contributed by atoms with van der Waals surface area (Å²) in [6.07, 6.45) is 8.70. The summed E-state index contributed by atoms with van der Waals surface area (Å²) in [5, 5.41) is 47.0. The lowest BCUT2D eigenvalue weighted by atomic mass is 9.91. The van der Waals surface area contributed by atoms with Crippen LogP contribution in [0.3, 0.4) is 0 Å². The number of fused-ring (bicyclic) bond motifs is 2. The predicted octanol–water partition coefficient (Wildman–Crippen LogP) is 16.1. The van der Waals surface area contributed by atoms with E-state index >= 15 is 0 Å². The minimum Gasteiger partial charge on any atom is -0.439 e. The van der Waals surface area contributed by atoms with E-state index in [4.69, 9.17) is 54.3 Å². The molecule has 4 heterocycles. The highest BCUT2D eigenvalue weighted by Gasteiger charge is 2.14. The van der Waals surface area contributed by atoms with Crippen LogP contribution < -0.4 is 20.1 Å². The Morgan fingerprint density at radius 3 is 1.29 bits per heavy atom. The first-order chi connectivity index (χ1) is 40.1. The molecule has 14 nitrogen and oxygen atoms in total. The van der Waals surface area contributed by atoms with E-state index < -0.39 is 7.12 Å². The molecular weight excluding hydrogens is 1090 g/mol. The molecule has 0 atom stereocenters. The highest BCUT2D eigenvalue weighted by Crippen LogP contribution is 2.34. The van der Waals surface area contributed by atoms with Crippen LogP contribution in [0.15, 0.2) is 237 Å². The van der Waals surface area contributed by atoms with Gasteiger partial charge in [0.2, 0.25) is 17.0 Å². The minimum absolute atomic E-state index is 0.133. The van der Waals surface area contributed by atoms with E-state index in [9.17, 15) is 0 Å². The third-order valence-corrected chi connectivity index (χ3v) is 12.7. The van der Waals surface area contributed by atoms with Crippen LogP contribution in [0.1, 0.15) is 17.0 Å². The molecule has 0 saturated heterocycles. The van der Waals surface area contributed by atoms with Gasteiger partial charge in [-0.1, -0.05) is 175 Å². The number of halogens is 3. The first kappa shape index (κ1) is 55.4. The van der Waals surface area contributed by atoms with Gasteiger partial charge in [0.15, 0.2) is 17.5 Å².